The lowest BCUT2D eigenvalue weighted by atomic mass is 10.1. The number of fused-ring (bicyclic) bond motifs is 1. The van der Waals surface area contributed by atoms with Gasteiger partial charge in [0.05, 0.1) is 23.1 Å². The minimum absolute atomic E-state index is 0.00710. The molecule has 0 spiro atoms. The predicted molar refractivity (Wildman–Crippen MR) is 74.8 cm³/mol. The summed E-state index contributed by atoms with van der Waals surface area (Å²) in [4.78, 5) is 14.6. The van der Waals surface area contributed by atoms with Crippen LogP contribution in [0.2, 0.25) is 0 Å². The van der Waals surface area contributed by atoms with E-state index >= 15 is 0 Å². The number of aromatic hydroxyl groups is 1. The van der Waals surface area contributed by atoms with Crippen LogP contribution in [-0.4, -0.2) is 14.7 Å². The van der Waals surface area contributed by atoms with Gasteiger partial charge < -0.3 is 10.1 Å². The summed E-state index contributed by atoms with van der Waals surface area (Å²) in [7, 11) is 0. The lowest BCUT2D eigenvalue weighted by Crippen LogP contribution is -2.17. The number of alkyl halides is 3. The van der Waals surface area contributed by atoms with E-state index in [4.69, 9.17) is 0 Å². The van der Waals surface area contributed by atoms with E-state index < -0.39 is 11.7 Å². The summed E-state index contributed by atoms with van der Waals surface area (Å²) < 4.78 is 38.9. The first-order chi connectivity index (χ1) is 10.3. The third kappa shape index (κ3) is 2.57. The number of aromatic amines is 1. The Bertz CT molecular complexity index is 876. The lowest BCUT2D eigenvalue weighted by molar-refractivity contribution is -0.137. The van der Waals surface area contributed by atoms with E-state index in [1.54, 1.807) is 6.07 Å². The number of imidazole rings is 1. The highest BCUT2D eigenvalue weighted by molar-refractivity contribution is 5.76. The minimum atomic E-state index is -4.39. The molecule has 4 nitrogen and oxygen atoms in total. The number of phenolic OH excluding ortho intramolecular Hbond substituents is 1. The van der Waals surface area contributed by atoms with Crippen LogP contribution in [0.1, 0.15) is 11.1 Å². The van der Waals surface area contributed by atoms with Crippen molar-refractivity contribution in [2.75, 3.05) is 0 Å². The van der Waals surface area contributed by atoms with Gasteiger partial charge in [0.2, 0.25) is 0 Å². The fourth-order valence-corrected chi connectivity index (χ4v) is 2.28. The first-order valence-electron chi connectivity index (χ1n) is 6.42. The number of nitrogens with zero attached hydrogens (tertiary/aromatic N) is 1. The van der Waals surface area contributed by atoms with E-state index in [1.807, 2.05) is 0 Å². The number of H-pyrrole nitrogens is 1. The summed E-state index contributed by atoms with van der Waals surface area (Å²) in [6.45, 7) is 0.112. The van der Waals surface area contributed by atoms with Crippen molar-refractivity contribution in [2.45, 2.75) is 12.7 Å². The molecule has 114 valence electrons. The van der Waals surface area contributed by atoms with Crippen molar-refractivity contribution in [3.63, 3.8) is 0 Å². The van der Waals surface area contributed by atoms with E-state index in [1.165, 1.54) is 28.8 Å². The molecule has 0 aliphatic carbocycles. The molecule has 2 aromatic carbocycles. The second-order valence-electron chi connectivity index (χ2n) is 4.91. The molecule has 0 radical (unpaired) electrons. The van der Waals surface area contributed by atoms with Gasteiger partial charge in [-0.05, 0) is 29.8 Å². The fraction of sp³-hybridized carbons (Fsp3) is 0.133. The van der Waals surface area contributed by atoms with Crippen LogP contribution in [-0.2, 0) is 12.7 Å². The van der Waals surface area contributed by atoms with Crippen LogP contribution < -0.4 is 5.69 Å². The van der Waals surface area contributed by atoms with Crippen LogP contribution in [0.15, 0.2) is 47.3 Å². The Labute approximate surface area is 122 Å². The van der Waals surface area contributed by atoms with Crippen LogP contribution >= 0.6 is 0 Å². The molecule has 22 heavy (non-hydrogen) atoms. The monoisotopic (exact) mass is 308 g/mol. The highest BCUT2D eigenvalue weighted by Crippen LogP contribution is 2.29. The molecule has 0 amide bonds. The molecule has 0 bridgehead atoms. The van der Waals surface area contributed by atoms with Gasteiger partial charge in [0.1, 0.15) is 5.75 Å². The maximum absolute atomic E-state index is 12.5. The van der Waals surface area contributed by atoms with Crippen LogP contribution in [0.5, 0.6) is 5.75 Å². The average Bonchev–Trinajstić information content (AvgIpc) is 2.75. The number of hydrogen-bond donors (Lipinski definition) is 2. The molecule has 0 saturated carbocycles. The topological polar surface area (TPSA) is 58.0 Å². The predicted octanol–water partition coefficient (Wildman–Crippen LogP) is 3.10. The minimum Gasteiger partial charge on any atom is -0.508 e. The van der Waals surface area contributed by atoms with Gasteiger partial charge in [-0.25, -0.2) is 4.79 Å². The van der Waals surface area contributed by atoms with Crippen LogP contribution in [0, 0.1) is 0 Å². The first-order valence-corrected chi connectivity index (χ1v) is 6.42. The van der Waals surface area contributed by atoms with Crippen molar-refractivity contribution in [1.82, 2.24) is 9.55 Å². The van der Waals surface area contributed by atoms with Crippen LogP contribution in [0.25, 0.3) is 11.0 Å². The van der Waals surface area contributed by atoms with Gasteiger partial charge >= 0.3 is 11.9 Å². The van der Waals surface area contributed by atoms with Gasteiger partial charge in [0.15, 0.2) is 0 Å². The molecule has 0 aliphatic rings. The second-order valence-corrected chi connectivity index (χ2v) is 4.91. The van der Waals surface area contributed by atoms with Crippen molar-refractivity contribution in [3.05, 3.63) is 64.1 Å². The summed E-state index contributed by atoms with van der Waals surface area (Å²) in [6, 6.07) is 9.06. The third-order valence-electron chi connectivity index (χ3n) is 3.38. The van der Waals surface area contributed by atoms with Crippen molar-refractivity contribution >= 4 is 11.0 Å². The van der Waals surface area contributed by atoms with E-state index in [-0.39, 0.29) is 18.0 Å². The van der Waals surface area contributed by atoms with E-state index in [9.17, 15) is 23.1 Å². The van der Waals surface area contributed by atoms with Gasteiger partial charge in [-0.15, -0.1) is 0 Å². The van der Waals surface area contributed by atoms with E-state index in [2.05, 4.69) is 4.98 Å². The quantitative estimate of drug-likeness (QED) is 0.764. The van der Waals surface area contributed by atoms with Crippen molar-refractivity contribution in [2.24, 2.45) is 0 Å². The van der Waals surface area contributed by atoms with Crippen LogP contribution in [0.4, 0.5) is 13.2 Å². The molecule has 0 fully saturated rings. The Balaban J connectivity index is 1.98. The standard InChI is InChI=1S/C15H11F3N2O2/c16-15(17,18)10-3-1-9(2-4-10)8-20-13-7-11(21)5-6-12(13)19-14(20)22/h1-7,21H,8H2,(H,19,22). The summed E-state index contributed by atoms with van der Waals surface area (Å²) >= 11 is 0. The Morgan fingerprint density at radius 2 is 1.77 bits per heavy atom. The molecule has 0 atom stereocenters. The highest BCUT2D eigenvalue weighted by Gasteiger charge is 2.29. The molecular weight excluding hydrogens is 297 g/mol. The van der Waals surface area contributed by atoms with Gasteiger partial charge in [-0.3, -0.25) is 4.57 Å². The zero-order valence-electron chi connectivity index (χ0n) is 11.2. The number of benzene rings is 2. The zero-order valence-corrected chi connectivity index (χ0v) is 11.2. The Morgan fingerprint density at radius 1 is 1.09 bits per heavy atom. The summed E-state index contributed by atoms with van der Waals surface area (Å²) in [5.41, 5.74) is 0.472. The molecular formula is C15H11F3N2O2. The second kappa shape index (κ2) is 4.94. The summed E-state index contributed by atoms with van der Waals surface area (Å²) in [5.74, 6) is 0.00710. The lowest BCUT2D eigenvalue weighted by Gasteiger charge is -2.08. The molecule has 1 heterocycles. The molecule has 3 aromatic rings. The third-order valence-corrected chi connectivity index (χ3v) is 3.38. The molecule has 3 rings (SSSR count). The number of rotatable bonds is 2. The summed E-state index contributed by atoms with van der Waals surface area (Å²) in [6.07, 6.45) is -4.39. The van der Waals surface area contributed by atoms with E-state index in [0.29, 0.717) is 16.6 Å². The van der Waals surface area contributed by atoms with Crippen molar-refractivity contribution in [1.29, 1.82) is 0 Å². The molecule has 0 saturated heterocycles. The van der Waals surface area contributed by atoms with Gasteiger partial charge in [0.25, 0.3) is 0 Å². The Kier molecular flexibility index (Phi) is 3.20. The Morgan fingerprint density at radius 3 is 2.41 bits per heavy atom. The molecule has 0 unspecified atom stereocenters. The molecule has 0 aliphatic heterocycles. The normalized spacial score (nSPS) is 12.0. The van der Waals surface area contributed by atoms with Gasteiger partial charge in [0, 0.05) is 6.07 Å². The maximum Gasteiger partial charge on any atom is 0.416 e. The van der Waals surface area contributed by atoms with Crippen molar-refractivity contribution < 1.29 is 18.3 Å². The largest absolute Gasteiger partial charge is 0.508 e. The van der Waals surface area contributed by atoms with E-state index in [0.717, 1.165) is 12.1 Å². The van der Waals surface area contributed by atoms with Crippen molar-refractivity contribution in [3.8, 4) is 5.75 Å². The fourth-order valence-electron chi connectivity index (χ4n) is 2.28. The highest BCUT2D eigenvalue weighted by atomic mass is 19.4. The molecule has 1 aromatic heterocycles. The first kappa shape index (κ1) is 14.2. The van der Waals surface area contributed by atoms with Gasteiger partial charge in [-0.2, -0.15) is 13.2 Å². The van der Waals surface area contributed by atoms with Crippen LogP contribution in [0.3, 0.4) is 0 Å². The number of aromatic nitrogens is 2. The number of nitrogens with one attached hydrogen (secondary N) is 1. The number of hydrogen-bond acceptors (Lipinski definition) is 2. The summed E-state index contributed by atoms with van der Waals surface area (Å²) in [5, 5.41) is 9.50. The maximum atomic E-state index is 12.5. The smallest absolute Gasteiger partial charge is 0.416 e. The SMILES string of the molecule is O=c1[nH]c2ccc(O)cc2n1Cc1ccc(C(F)(F)F)cc1. The Hall–Kier alpha value is -2.70. The number of halogens is 3. The molecule has 2 N–H and O–H groups in total. The number of phenols is 1. The molecule has 7 heteroatoms. The zero-order chi connectivity index (χ0) is 15.9. The average molecular weight is 308 g/mol. The van der Waals surface area contributed by atoms with Gasteiger partial charge in [-0.1, -0.05) is 12.1 Å².